The number of carboxylic acid groups (broad SMARTS) is 1. The number of aliphatic hydroxyl groups is 1. The van der Waals surface area contributed by atoms with Crippen molar-refractivity contribution in [3.8, 4) is 0 Å². The number of carbonyl (C=O) groups is 1. The molecule has 0 aromatic heterocycles. The van der Waals surface area contributed by atoms with Gasteiger partial charge in [-0.2, -0.15) is 0 Å². The van der Waals surface area contributed by atoms with Crippen LogP contribution in [0.5, 0.6) is 0 Å². The SMILES string of the molecule is CCC1CCCC(O)(C2(C(=O)O)CNC2)CC1. The monoisotopic (exact) mass is 241 g/mol. The summed E-state index contributed by atoms with van der Waals surface area (Å²) in [6.45, 7) is 3.00. The smallest absolute Gasteiger partial charge is 0.315 e. The lowest BCUT2D eigenvalue weighted by Crippen LogP contribution is -2.69. The lowest BCUT2D eigenvalue weighted by Gasteiger charge is -2.50. The molecule has 17 heavy (non-hydrogen) atoms. The van der Waals surface area contributed by atoms with Crippen molar-refractivity contribution in [2.24, 2.45) is 11.3 Å². The summed E-state index contributed by atoms with van der Waals surface area (Å²) in [5, 5.41) is 23.2. The predicted molar refractivity (Wildman–Crippen MR) is 64.8 cm³/mol. The fourth-order valence-electron chi connectivity index (χ4n) is 3.34. The van der Waals surface area contributed by atoms with Gasteiger partial charge in [-0.15, -0.1) is 0 Å². The number of hydrogen-bond acceptors (Lipinski definition) is 3. The van der Waals surface area contributed by atoms with Crippen molar-refractivity contribution >= 4 is 5.97 Å². The Labute approximate surface area is 102 Å². The van der Waals surface area contributed by atoms with E-state index in [4.69, 9.17) is 0 Å². The van der Waals surface area contributed by atoms with Gasteiger partial charge in [-0.3, -0.25) is 4.79 Å². The molecular formula is C13H23NO3. The number of carboxylic acids is 1. The first-order chi connectivity index (χ1) is 8.04. The van der Waals surface area contributed by atoms with E-state index in [1.165, 1.54) is 0 Å². The summed E-state index contributed by atoms with van der Waals surface area (Å²) in [6.07, 6.45) is 5.44. The van der Waals surface area contributed by atoms with Crippen LogP contribution < -0.4 is 5.32 Å². The van der Waals surface area contributed by atoms with E-state index in [0.29, 0.717) is 31.8 Å². The van der Waals surface area contributed by atoms with Gasteiger partial charge in [-0.25, -0.2) is 0 Å². The Bertz CT molecular complexity index is 301. The molecule has 98 valence electrons. The minimum absolute atomic E-state index is 0.412. The molecule has 2 atom stereocenters. The maximum Gasteiger partial charge on any atom is 0.315 e. The van der Waals surface area contributed by atoms with E-state index >= 15 is 0 Å². The average molecular weight is 241 g/mol. The van der Waals surface area contributed by atoms with Gasteiger partial charge in [0.25, 0.3) is 0 Å². The highest BCUT2D eigenvalue weighted by Crippen LogP contribution is 2.45. The summed E-state index contributed by atoms with van der Waals surface area (Å²) < 4.78 is 0. The molecule has 4 heteroatoms. The predicted octanol–water partition coefficient (Wildman–Crippen LogP) is 1.38. The molecule has 1 saturated carbocycles. The fourth-order valence-corrected chi connectivity index (χ4v) is 3.34. The van der Waals surface area contributed by atoms with Crippen LogP contribution >= 0.6 is 0 Å². The lowest BCUT2D eigenvalue weighted by molar-refractivity contribution is -0.181. The van der Waals surface area contributed by atoms with E-state index in [2.05, 4.69) is 12.2 Å². The van der Waals surface area contributed by atoms with E-state index in [9.17, 15) is 15.0 Å². The summed E-state index contributed by atoms with van der Waals surface area (Å²) in [5.74, 6) is -0.184. The van der Waals surface area contributed by atoms with Crippen LogP contribution in [0.2, 0.25) is 0 Å². The van der Waals surface area contributed by atoms with Crippen LogP contribution in [0.25, 0.3) is 0 Å². The minimum atomic E-state index is -1.01. The molecule has 1 heterocycles. The molecule has 0 aromatic carbocycles. The van der Waals surface area contributed by atoms with Crippen LogP contribution in [0.3, 0.4) is 0 Å². The summed E-state index contributed by atoms with van der Waals surface area (Å²) in [7, 11) is 0. The zero-order chi connectivity index (χ0) is 12.5. The first kappa shape index (κ1) is 12.8. The highest BCUT2D eigenvalue weighted by atomic mass is 16.4. The molecule has 3 N–H and O–H groups in total. The van der Waals surface area contributed by atoms with E-state index < -0.39 is 17.0 Å². The van der Waals surface area contributed by atoms with Crippen molar-refractivity contribution in [1.29, 1.82) is 0 Å². The van der Waals surface area contributed by atoms with Crippen LogP contribution in [-0.4, -0.2) is 34.9 Å². The second-order valence-corrected chi connectivity index (χ2v) is 5.73. The van der Waals surface area contributed by atoms with Gasteiger partial charge in [0.2, 0.25) is 0 Å². The summed E-state index contributed by atoms with van der Waals surface area (Å²) in [5.41, 5.74) is -1.94. The van der Waals surface area contributed by atoms with Gasteiger partial charge in [-0.1, -0.05) is 26.2 Å². The van der Waals surface area contributed by atoms with Gasteiger partial charge in [0.15, 0.2) is 0 Å². The zero-order valence-corrected chi connectivity index (χ0v) is 10.5. The largest absolute Gasteiger partial charge is 0.481 e. The minimum Gasteiger partial charge on any atom is -0.481 e. The average Bonchev–Trinajstić information content (AvgIpc) is 2.38. The van der Waals surface area contributed by atoms with Crippen molar-refractivity contribution < 1.29 is 15.0 Å². The van der Waals surface area contributed by atoms with Gasteiger partial charge in [0.1, 0.15) is 5.41 Å². The Kier molecular flexibility index (Phi) is 3.46. The van der Waals surface area contributed by atoms with Crippen LogP contribution in [-0.2, 0) is 4.79 Å². The second-order valence-electron chi connectivity index (χ2n) is 5.73. The Hall–Kier alpha value is -0.610. The highest BCUT2D eigenvalue weighted by Gasteiger charge is 2.59. The molecule has 4 nitrogen and oxygen atoms in total. The Balaban J connectivity index is 2.15. The number of nitrogens with one attached hydrogen (secondary N) is 1. The number of hydrogen-bond donors (Lipinski definition) is 3. The molecule has 0 amide bonds. The topological polar surface area (TPSA) is 69.6 Å². The van der Waals surface area contributed by atoms with E-state index in [1.807, 2.05) is 0 Å². The summed E-state index contributed by atoms with van der Waals surface area (Å²) in [6, 6.07) is 0. The summed E-state index contributed by atoms with van der Waals surface area (Å²) in [4.78, 5) is 11.5. The number of rotatable bonds is 3. The van der Waals surface area contributed by atoms with Crippen molar-refractivity contribution in [3.63, 3.8) is 0 Å². The number of aliphatic carboxylic acids is 1. The molecule has 2 fully saturated rings. The van der Waals surface area contributed by atoms with E-state index in [0.717, 1.165) is 25.7 Å². The van der Waals surface area contributed by atoms with Gasteiger partial charge >= 0.3 is 5.97 Å². The molecule has 0 bridgehead atoms. The van der Waals surface area contributed by atoms with Crippen molar-refractivity contribution in [1.82, 2.24) is 5.32 Å². The standard InChI is InChI=1S/C13H23NO3/c1-2-10-4-3-6-13(17,7-5-10)12(11(15)16)8-14-9-12/h10,14,17H,2-9H2,1H3,(H,15,16). The van der Waals surface area contributed by atoms with Crippen molar-refractivity contribution in [3.05, 3.63) is 0 Å². The van der Waals surface area contributed by atoms with Crippen LogP contribution in [0, 0.1) is 11.3 Å². The Morgan fingerprint density at radius 3 is 2.53 bits per heavy atom. The fraction of sp³-hybridized carbons (Fsp3) is 0.923. The van der Waals surface area contributed by atoms with Crippen LogP contribution in [0.4, 0.5) is 0 Å². The zero-order valence-electron chi connectivity index (χ0n) is 10.5. The van der Waals surface area contributed by atoms with Crippen molar-refractivity contribution in [2.75, 3.05) is 13.1 Å². The van der Waals surface area contributed by atoms with Gasteiger partial charge in [0, 0.05) is 13.1 Å². The molecule has 0 spiro atoms. The lowest BCUT2D eigenvalue weighted by atomic mass is 9.64. The molecule has 2 rings (SSSR count). The highest BCUT2D eigenvalue weighted by molar-refractivity contribution is 5.78. The Morgan fingerprint density at radius 1 is 1.35 bits per heavy atom. The third kappa shape index (κ3) is 1.97. The van der Waals surface area contributed by atoms with Crippen molar-refractivity contribution in [2.45, 2.75) is 51.0 Å². The summed E-state index contributed by atoms with van der Waals surface area (Å²) >= 11 is 0. The third-order valence-corrected chi connectivity index (χ3v) is 4.90. The molecule has 1 aliphatic carbocycles. The normalized spacial score (nSPS) is 36.9. The maximum absolute atomic E-state index is 11.5. The molecule has 2 aliphatic rings. The van der Waals surface area contributed by atoms with Crippen LogP contribution in [0.15, 0.2) is 0 Å². The maximum atomic E-state index is 11.5. The van der Waals surface area contributed by atoms with Crippen LogP contribution in [0.1, 0.15) is 45.4 Å². The second kappa shape index (κ2) is 4.58. The van der Waals surface area contributed by atoms with E-state index in [-0.39, 0.29) is 0 Å². The molecule has 1 saturated heterocycles. The first-order valence-electron chi connectivity index (χ1n) is 6.70. The van der Waals surface area contributed by atoms with E-state index in [1.54, 1.807) is 0 Å². The van der Waals surface area contributed by atoms with Gasteiger partial charge in [-0.05, 0) is 25.2 Å². The first-order valence-corrected chi connectivity index (χ1v) is 6.70. The molecule has 0 radical (unpaired) electrons. The third-order valence-electron chi connectivity index (χ3n) is 4.90. The quantitative estimate of drug-likeness (QED) is 0.653. The van der Waals surface area contributed by atoms with Gasteiger partial charge in [0.05, 0.1) is 5.60 Å². The Morgan fingerprint density at radius 2 is 2.06 bits per heavy atom. The van der Waals surface area contributed by atoms with Gasteiger partial charge < -0.3 is 15.5 Å². The molecule has 1 aliphatic heterocycles. The molecule has 0 aromatic rings. The molecular weight excluding hydrogens is 218 g/mol. The molecule has 2 unspecified atom stereocenters.